The largest absolute Gasteiger partial charge is 0.326 e. The van der Waals surface area contributed by atoms with Gasteiger partial charge in [-0.25, -0.2) is 0 Å². The third-order valence-corrected chi connectivity index (χ3v) is 5.61. The average molecular weight is 356 g/mol. The van der Waals surface area contributed by atoms with Crippen molar-refractivity contribution < 1.29 is 4.79 Å². The molecule has 0 aliphatic carbocycles. The molecule has 0 saturated heterocycles. The van der Waals surface area contributed by atoms with Crippen molar-refractivity contribution in [2.45, 2.75) is 60.0 Å². The number of hydrogen-bond donors (Lipinski definition) is 0. The third kappa shape index (κ3) is 3.80. The molecule has 1 amide bonds. The Morgan fingerprint density at radius 3 is 2.54 bits per heavy atom. The van der Waals surface area contributed by atoms with Crippen LogP contribution in [0.1, 0.15) is 49.9 Å². The first-order chi connectivity index (χ1) is 12.5. The molecule has 1 aromatic carbocycles. The molecule has 142 valence electrons. The highest BCUT2D eigenvalue weighted by Crippen LogP contribution is 2.29. The van der Waals surface area contributed by atoms with Gasteiger partial charge in [0.05, 0.1) is 12.2 Å². The van der Waals surface area contributed by atoms with E-state index >= 15 is 0 Å². The molecule has 0 N–H and O–H groups in total. The molecule has 1 aromatic heterocycles. The normalized spacial score (nSPS) is 14.3. The van der Waals surface area contributed by atoms with Crippen LogP contribution in [0.2, 0.25) is 0 Å². The molecule has 0 spiro atoms. The van der Waals surface area contributed by atoms with Gasteiger partial charge in [-0.3, -0.25) is 4.79 Å². The molecule has 0 saturated carbocycles. The Morgan fingerprint density at radius 1 is 1.12 bits per heavy atom. The zero-order chi connectivity index (χ0) is 18.7. The van der Waals surface area contributed by atoms with E-state index in [-0.39, 0.29) is 0 Å². The minimum absolute atomic E-state index is 0.291. The summed E-state index contributed by atoms with van der Waals surface area (Å²) >= 11 is 0. The standard InChI is InChI=1S/C22H33N3O/c1-5-11-23(12-6-2)13-10-22(26)24-14-9-20-18(4)19-15-17(3)7-8-21(19)25(20)16-24/h7-8,15H,5-6,9-14,16H2,1-4H3. The molecule has 4 nitrogen and oxygen atoms in total. The van der Waals surface area contributed by atoms with E-state index in [0.29, 0.717) is 19.0 Å². The van der Waals surface area contributed by atoms with Crippen LogP contribution in [-0.4, -0.2) is 46.5 Å². The minimum atomic E-state index is 0.291. The second-order valence-corrected chi connectivity index (χ2v) is 7.66. The molecule has 0 bridgehead atoms. The first-order valence-electron chi connectivity index (χ1n) is 10.1. The fraction of sp³-hybridized carbons (Fsp3) is 0.591. The SMILES string of the molecule is CCCN(CCC)CCC(=O)N1CCc2c(C)c3cc(C)ccc3n2C1. The van der Waals surface area contributed by atoms with Crippen molar-refractivity contribution in [2.24, 2.45) is 0 Å². The lowest BCUT2D eigenvalue weighted by molar-refractivity contribution is -0.133. The topological polar surface area (TPSA) is 28.5 Å². The second kappa shape index (κ2) is 8.26. The highest BCUT2D eigenvalue weighted by molar-refractivity contribution is 5.86. The molecule has 0 unspecified atom stereocenters. The van der Waals surface area contributed by atoms with E-state index in [2.05, 4.69) is 55.4 Å². The Kier molecular flexibility index (Phi) is 6.02. The summed E-state index contributed by atoms with van der Waals surface area (Å²) in [5.41, 5.74) is 5.34. The highest BCUT2D eigenvalue weighted by Gasteiger charge is 2.24. The van der Waals surface area contributed by atoms with Crippen LogP contribution in [0.15, 0.2) is 18.2 Å². The predicted octanol–water partition coefficient (Wildman–Crippen LogP) is 4.11. The van der Waals surface area contributed by atoms with Crippen LogP contribution in [0.5, 0.6) is 0 Å². The van der Waals surface area contributed by atoms with Crippen LogP contribution in [0, 0.1) is 13.8 Å². The summed E-state index contributed by atoms with van der Waals surface area (Å²) in [5, 5.41) is 1.34. The van der Waals surface area contributed by atoms with E-state index < -0.39 is 0 Å². The number of aryl methyl sites for hydroxylation is 2. The van der Waals surface area contributed by atoms with E-state index in [9.17, 15) is 4.79 Å². The molecular formula is C22H33N3O. The summed E-state index contributed by atoms with van der Waals surface area (Å²) in [6.07, 6.45) is 3.89. The molecular weight excluding hydrogens is 322 g/mol. The van der Waals surface area contributed by atoms with Crippen molar-refractivity contribution in [1.29, 1.82) is 0 Å². The summed E-state index contributed by atoms with van der Waals surface area (Å²) in [7, 11) is 0. The van der Waals surface area contributed by atoms with Gasteiger partial charge in [0, 0.05) is 37.0 Å². The number of benzene rings is 1. The fourth-order valence-corrected chi connectivity index (χ4v) is 4.24. The Bertz CT molecular complexity index is 771. The lowest BCUT2D eigenvalue weighted by Gasteiger charge is -2.31. The number of fused-ring (bicyclic) bond motifs is 3. The van der Waals surface area contributed by atoms with Crippen LogP contribution >= 0.6 is 0 Å². The zero-order valence-electron chi connectivity index (χ0n) is 16.8. The monoisotopic (exact) mass is 355 g/mol. The Balaban J connectivity index is 1.71. The van der Waals surface area contributed by atoms with Crippen molar-refractivity contribution in [2.75, 3.05) is 26.2 Å². The van der Waals surface area contributed by atoms with Crippen LogP contribution in [-0.2, 0) is 17.9 Å². The number of aromatic nitrogens is 1. The lowest BCUT2D eigenvalue weighted by Crippen LogP contribution is -2.40. The summed E-state index contributed by atoms with van der Waals surface area (Å²) in [5.74, 6) is 0.291. The van der Waals surface area contributed by atoms with Gasteiger partial charge in [0.2, 0.25) is 5.91 Å². The third-order valence-electron chi connectivity index (χ3n) is 5.61. The zero-order valence-corrected chi connectivity index (χ0v) is 16.8. The van der Waals surface area contributed by atoms with Crippen molar-refractivity contribution >= 4 is 16.8 Å². The molecule has 4 heteroatoms. The molecule has 2 aromatic rings. The maximum Gasteiger partial charge on any atom is 0.225 e. The number of amides is 1. The van der Waals surface area contributed by atoms with E-state index in [0.717, 1.165) is 45.4 Å². The number of carbonyl (C=O) groups excluding carboxylic acids is 1. The fourth-order valence-electron chi connectivity index (χ4n) is 4.24. The Hall–Kier alpha value is -1.81. The average Bonchev–Trinajstić information content (AvgIpc) is 2.91. The Labute approximate surface area is 157 Å². The van der Waals surface area contributed by atoms with Crippen LogP contribution in [0.4, 0.5) is 0 Å². The molecule has 3 rings (SSSR count). The second-order valence-electron chi connectivity index (χ2n) is 7.66. The van der Waals surface area contributed by atoms with Gasteiger partial charge in [0.1, 0.15) is 0 Å². The van der Waals surface area contributed by atoms with Crippen molar-refractivity contribution in [3.8, 4) is 0 Å². The molecule has 0 fully saturated rings. The molecule has 2 heterocycles. The van der Waals surface area contributed by atoms with E-state index in [1.807, 2.05) is 4.90 Å². The molecule has 26 heavy (non-hydrogen) atoms. The van der Waals surface area contributed by atoms with E-state index in [4.69, 9.17) is 0 Å². The molecule has 1 aliphatic heterocycles. The molecule has 0 radical (unpaired) electrons. The number of rotatable bonds is 7. The maximum absolute atomic E-state index is 12.8. The van der Waals surface area contributed by atoms with E-state index in [1.54, 1.807) is 0 Å². The number of hydrogen-bond acceptors (Lipinski definition) is 2. The van der Waals surface area contributed by atoms with Gasteiger partial charge in [0.25, 0.3) is 0 Å². The van der Waals surface area contributed by atoms with Gasteiger partial charge in [-0.2, -0.15) is 0 Å². The number of carbonyl (C=O) groups is 1. The Morgan fingerprint density at radius 2 is 1.85 bits per heavy atom. The number of nitrogens with zero attached hydrogens (tertiary/aromatic N) is 3. The van der Waals surface area contributed by atoms with Gasteiger partial charge < -0.3 is 14.4 Å². The predicted molar refractivity (Wildman–Crippen MR) is 108 cm³/mol. The summed E-state index contributed by atoms with van der Waals surface area (Å²) in [6, 6.07) is 6.65. The first kappa shape index (κ1) is 19.0. The van der Waals surface area contributed by atoms with Gasteiger partial charge >= 0.3 is 0 Å². The summed E-state index contributed by atoms with van der Waals surface area (Å²) < 4.78 is 2.35. The van der Waals surface area contributed by atoms with Gasteiger partial charge in [0.15, 0.2) is 0 Å². The molecule has 0 atom stereocenters. The summed E-state index contributed by atoms with van der Waals surface area (Å²) in [6.45, 7) is 13.4. The van der Waals surface area contributed by atoms with E-state index in [1.165, 1.54) is 27.7 Å². The van der Waals surface area contributed by atoms with Crippen molar-refractivity contribution in [3.63, 3.8) is 0 Å². The van der Waals surface area contributed by atoms with Crippen LogP contribution in [0.3, 0.4) is 0 Å². The van der Waals surface area contributed by atoms with Gasteiger partial charge in [-0.15, -0.1) is 0 Å². The van der Waals surface area contributed by atoms with Gasteiger partial charge in [-0.05, 0) is 57.5 Å². The van der Waals surface area contributed by atoms with Crippen molar-refractivity contribution in [1.82, 2.24) is 14.4 Å². The van der Waals surface area contributed by atoms with Gasteiger partial charge in [-0.1, -0.05) is 25.5 Å². The smallest absolute Gasteiger partial charge is 0.225 e. The quantitative estimate of drug-likeness (QED) is 0.748. The minimum Gasteiger partial charge on any atom is -0.326 e. The lowest BCUT2D eigenvalue weighted by atomic mass is 10.1. The highest BCUT2D eigenvalue weighted by atomic mass is 16.2. The maximum atomic E-state index is 12.8. The van der Waals surface area contributed by atoms with Crippen LogP contribution in [0.25, 0.3) is 10.9 Å². The summed E-state index contributed by atoms with van der Waals surface area (Å²) in [4.78, 5) is 17.3. The first-order valence-corrected chi connectivity index (χ1v) is 10.1. The van der Waals surface area contributed by atoms with Crippen LogP contribution < -0.4 is 0 Å². The van der Waals surface area contributed by atoms with Crippen molar-refractivity contribution in [3.05, 3.63) is 35.0 Å². The molecule has 1 aliphatic rings.